The molecule has 0 aromatic heterocycles. The molecule has 0 aliphatic carbocycles. The van der Waals surface area contributed by atoms with Crippen molar-refractivity contribution in [3.63, 3.8) is 0 Å². The number of piperidine rings is 1. The molecule has 2 amide bonds. The number of urea groups is 1. The largest absolute Gasteiger partial charge is 0.480 e. The molecule has 1 aliphatic heterocycles. The summed E-state index contributed by atoms with van der Waals surface area (Å²) in [5, 5.41) is 8.53. The van der Waals surface area contributed by atoms with Crippen molar-refractivity contribution >= 4 is 12.0 Å². The number of carbonyl (C=O) groups is 2. The SMILES string of the molecule is C#CCN(CC)C(=O)N1CCC(OCC(=O)O)CC1. The lowest BCUT2D eigenvalue weighted by Crippen LogP contribution is -2.48. The summed E-state index contributed by atoms with van der Waals surface area (Å²) < 4.78 is 5.22. The highest BCUT2D eigenvalue weighted by Gasteiger charge is 2.26. The summed E-state index contributed by atoms with van der Waals surface area (Å²) >= 11 is 0. The summed E-state index contributed by atoms with van der Waals surface area (Å²) in [6, 6.07) is -0.0582. The predicted octanol–water partition coefficient (Wildman–Crippen LogP) is 0.627. The molecule has 0 aromatic rings. The Bertz CT molecular complexity index is 356. The minimum absolute atomic E-state index is 0.0582. The van der Waals surface area contributed by atoms with Crippen molar-refractivity contribution in [3.05, 3.63) is 0 Å². The van der Waals surface area contributed by atoms with Gasteiger partial charge < -0.3 is 19.6 Å². The van der Waals surface area contributed by atoms with Crippen LogP contribution in [0.5, 0.6) is 0 Å². The molecular weight excluding hydrogens is 248 g/mol. The summed E-state index contributed by atoms with van der Waals surface area (Å²) in [5.41, 5.74) is 0. The van der Waals surface area contributed by atoms with Gasteiger partial charge in [0, 0.05) is 19.6 Å². The molecule has 0 unspecified atom stereocenters. The number of likely N-dealkylation sites (tertiary alicyclic amines) is 1. The molecular formula is C13H20N2O4. The van der Waals surface area contributed by atoms with Crippen LogP contribution in [0.15, 0.2) is 0 Å². The minimum atomic E-state index is -0.968. The Labute approximate surface area is 113 Å². The van der Waals surface area contributed by atoms with Crippen molar-refractivity contribution in [2.75, 3.05) is 32.8 Å². The third-order valence-corrected chi connectivity index (χ3v) is 3.09. The van der Waals surface area contributed by atoms with Gasteiger partial charge in [0.1, 0.15) is 6.61 Å². The number of hydrogen-bond donors (Lipinski definition) is 1. The van der Waals surface area contributed by atoms with Crippen LogP contribution in [-0.2, 0) is 9.53 Å². The van der Waals surface area contributed by atoms with Gasteiger partial charge in [0.2, 0.25) is 0 Å². The average Bonchev–Trinajstić information content (AvgIpc) is 2.42. The van der Waals surface area contributed by atoms with Crippen LogP contribution < -0.4 is 0 Å². The number of nitrogens with zero attached hydrogens (tertiary/aromatic N) is 2. The van der Waals surface area contributed by atoms with Crippen molar-refractivity contribution in [2.45, 2.75) is 25.9 Å². The molecule has 1 rings (SSSR count). The van der Waals surface area contributed by atoms with Crippen LogP contribution in [0.2, 0.25) is 0 Å². The first-order valence-corrected chi connectivity index (χ1v) is 6.39. The van der Waals surface area contributed by atoms with Gasteiger partial charge in [0.15, 0.2) is 0 Å². The van der Waals surface area contributed by atoms with Crippen LogP contribution >= 0.6 is 0 Å². The Kier molecular flexibility index (Phi) is 6.16. The van der Waals surface area contributed by atoms with E-state index in [1.165, 1.54) is 0 Å². The molecule has 1 heterocycles. The third-order valence-electron chi connectivity index (χ3n) is 3.09. The van der Waals surface area contributed by atoms with Gasteiger partial charge >= 0.3 is 12.0 Å². The molecule has 1 aliphatic rings. The molecule has 0 spiro atoms. The third kappa shape index (κ3) is 4.79. The zero-order valence-corrected chi connectivity index (χ0v) is 11.2. The summed E-state index contributed by atoms with van der Waals surface area (Å²) in [7, 11) is 0. The molecule has 6 nitrogen and oxygen atoms in total. The van der Waals surface area contributed by atoms with E-state index in [1.54, 1.807) is 9.80 Å². The molecule has 6 heteroatoms. The van der Waals surface area contributed by atoms with Gasteiger partial charge in [-0.15, -0.1) is 6.42 Å². The number of rotatable bonds is 5. The molecule has 0 bridgehead atoms. The maximum absolute atomic E-state index is 12.1. The highest BCUT2D eigenvalue weighted by Crippen LogP contribution is 2.15. The van der Waals surface area contributed by atoms with Crippen LogP contribution in [0.1, 0.15) is 19.8 Å². The van der Waals surface area contributed by atoms with E-state index in [0.29, 0.717) is 39.0 Å². The lowest BCUT2D eigenvalue weighted by molar-refractivity contribution is -0.145. The summed E-state index contributed by atoms with van der Waals surface area (Å²) in [4.78, 5) is 25.9. The highest BCUT2D eigenvalue weighted by molar-refractivity contribution is 5.74. The fourth-order valence-electron chi connectivity index (χ4n) is 2.03. The van der Waals surface area contributed by atoms with Crippen molar-refractivity contribution < 1.29 is 19.4 Å². The fraction of sp³-hybridized carbons (Fsp3) is 0.692. The molecule has 19 heavy (non-hydrogen) atoms. The van der Waals surface area contributed by atoms with Crippen molar-refractivity contribution in [3.8, 4) is 12.3 Å². The molecule has 0 aromatic carbocycles. The Hall–Kier alpha value is -1.74. The van der Waals surface area contributed by atoms with E-state index in [2.05, 4.69) is 5.92 Å². The standard InChI is InChI=1S/C13H20N2O4/c1-3-7-14(4-2)13(18)15-8-5-11(6-9-15)19-10-12(16)17/h1,11H,4-10H2,2H3,(H,16,17). The van der Waals surface area contributed by atoms with E-state index < -0.39 is 5.97 Å². The predicted molar refractivity (Wildman–Crippen MR) is 69.7 cm³/mol. The smallest absolute Gasteiger partial charge is 0.329 e. The summed E-state index contributed by atoms with van der Waals surface area (Å²) in [5.74, 6) is 1.50. The maximum atomic E-state index is 12.1. The van der Waals surface area contributed by atoms with Crippen LogP contribution in [0.3, 0.4) is 0 Å². The maximum Gasteiger partial charge on any atom is 0.329 e. The van der Waals surface area contributed by atoms with E-state index in [0.717, 1.165) is 0 Å². The Balaban J connectivity index is 2.38. The number of carboxylic acids is 1. The Morgan fingerprint density at radius 3 is 2.58 bits per heavy atom. The van der Waals surface area contributed by atoms with E-state index in [-0.39, 0.29) is 18.7 Å². The quantitative estimate of drug-likeness (QED) is 0.742. The van der Waals surface area contributed by atoms with Gasteiger partial charge in [0.05, 0.1) is 12.6 Å². The zero-order valence-electron chi connectivity index (χ0n) is 11.2. The lowest BCUT2D eigenvalue weighted by atomic mass is 10.1. The first-order chi connectivity index (χ1) is 9.08. The molecule has 0 atom stereocenters. The minimum Gasteiger partial charge on any atom is -0.480 e. The first-order valence-electron chi connectivity index (χ1n) is 6.39. The van der Waals surface area contributed by atoms with E-state index in [1.807, 2.05) is 6.92 Å². The van der Waals surface area contributed by atoms with Gasteiger partial charge in [0.25, 0.3) is 0 Å². The second-order valence-electron chi connectivity index (χ2n) is 4.39. The van der Waals surface area contributed by atoms with E-state index >= 15 is 0 Å². The monoisotopic (exact) mass is 268 g/mol. The second kappa shape index (κ2) is 7.64. The van der Waals surface area contributed by atoms with Gasteiger partial charge in [-0.2, -0.15) is 0 Å². The summed E-state index contributed by atoms with van der Waals surface area (Å²) in [6.07, 6.45) is 6.46. The van der Waals surface area contributed by atoms with Crippen molar-refractivity contribution in [1.29, 1.82) is 0 Å². The molecule has 0 radical (unpaired) electrons. The topological polar surface area (TPSA) is 70.1 Å². The van der Waals surface area contributed by atoms with Crippen LogP contribution in [0.25, 0.3) is 0 Å². The van der Waals surface area contributed by atoms with Gasteiger partial charge in [-0.25, -0.2) is 9.59 Å². The molecule has 1 fully saturated rings. The number of terminal acetylenes is 1. The van der Waals surface area contributed by atoms with Gasteiger partial charge in [-0.05, 0) is 19.8 Å². The number of hydrogen-bond acceptors (Lipinski definition) is 3. The highest BCUT2D eigenvalue weighted by atomic mass is 16.5. The number of amides is 2. The summed E-state index contributed by atoms with van der Waals surface area (Å²) in [6.45, 7) is 3.65. The van der Waals surface area contributed by atoms with E-state index in [9.17, 15) is 9.59 Å². The number of ether oxygens (including phenoxy) is 1. The zero-order chi connectivity index (χ0) is 14.3. The average molecular weight is 268 g/mol. The fourth-order valence-corrected chi connectivity index (χ4v) is 2.03. The van der Waals surface area contributed by atoms with Crippen molar-refractivity contribution in [1.82, 2.24) is 9.80 Å². The molecule has 1 N–H and O–H groups in total. The molecule has 1 saturated heterocycles. The Morgan fingerprint density at radius 2 is 2.11 bits per heavy atom. The Morgan fingerprint density at radius 1 is 1.47 bits per heavy atom. The van der Waals surface area contributed by atoms with Crippen LogP contribution in [-0.4, -0.2) is 65.8 Å². The second-order valence-corrected chi connectivity index (χ2v) is 4.39. The van der Waals surface area contributed by atoms with Crippen molar-refractivity contribution in [2.24, 2.45) is 0 Å². The molecule has 106 valence electrons. The van der Waals surface area contributed by atoms with Gasteiger partial charge in [-0.3, -0.25) is 0 Å². The normalized spacial score (nSPS) is 15.9. The number of carboxylic acid groups (broad SMARTS) is 1. The number of carbonyl (C=O) groups excluding carboxylic acids is 1. The van der Waals surface area contributed by atoms with Gasteiger partial charge in [-0.1, -0.05) is 5.92 Å². The number of aliphatic carboxylic acids is 1. The lowest BCUT2D eigenvalue weighted by Gasteiger charge is -2.34. The first kappa shape index (κ1) is 15.3. The van der Waals surface area contributed by atoms with Crippen LogP contribution in [0, 0.1) is 12.3 Å². The van der Waals surface area contributed by atoms with E-state index in [4.69, 9.17) is 16.3 Å². The molecule has 0 saturated carbocycles. The van der Waals surface area contributed by atoms with Crippen LogP contribution in [0.4, 0.5) is 4.79 Å².